The van der Waals surface area contributed by atoms with Crippen LogP contribution in [0.2, 0.25) is 0 Å². The van der Waals surface area contributed by atoms with Gasteiger partial charge in [-0.25, -0.2) is 0 Å². The van der Waals surface area contributed by atoms with Crippen molar-refractivity contribution in [1.29, 1.82) is 0 Å². The van der Waals surface area contributed by atoms with Gasteiger partial charge < -0.3 is 15.4 Å². The van der Waals surface area contributed by atoms with Crippen molar-refractivity contribution < 1.29 is 18.3 Å². The van der Waals surface area contributed by atoms with E-state index in [9.17, 15) is 13.6 Å². The number of benzene rings is 1. The molecule has 0 bridgehead atoms. The third-order valence-corrected chi connectivity index (χ3v) is 5.33. The average Bonchev–Trinajstić information content (AvgIpc) is 3.26. The van der Waals surface area contributed by atoms with Crippen molar-refractivity contribution in [3.05, 3.63) is 41.3 Å². The minimum Gasteiger partial charge on any atom is -0.435 e. The first-order valence-corrected chi connectivity index (χ1v) is 9.07. The number of halogens is 2. The van der Waals surface area contributed by atoms with Crippen molar-refractivity contribution in [2.75, 3.05) is 19.6 Å². The lowest BCUT2D eigenvalue weighted by molar-refractivity contribution is -0.0498. The first-order valence-electron chi connectivity index (χ1n) is 8.26. The van der Waals surface area contributed by atoms with Crippen LogP contribution in [0.4, 0.5) is 8.78 Å². The van der Waals surface area contributed by atoms with E-state index < -0.39 is 6.61 Å². The number of thiophene rings is 1. The van der Waals surface area contributed by atoms with E-state index in [-0.39, 0.29) is 11.7 Å². The molecule has 7 heteroatoms. The number of ether oxygens (including phenoxy) is 1. The Morgan fingerprint density at radius 3 is 2.76 bits per heavy atom. The summed E-state index contributed by atoms with van der Waals surface area (Å²) in [5, 5.41) is 6.28. The Labute approximate surface area is 149 Å². The number of hydrogen-bond donors (Lipinski definition) is 2. The summed E-state index contributed by atoms with van der Waals surface area (Å²) in [4.78, 5) is 13.8. The Bertz CT molecular complexity index is 697. The molecule has 0 saturated carbocycles. The topological polar surface area (TPSA) is 50.4 Å². The first kappa shape index (κ1) is 17.8. The molecule has 3 rings (SSSR count). The zero-order valence-electron chi connectivity index (χ0n) is 13.6. The molecule has 2 heterocycles. The van der Waals surface area contributed by atoms with E-state index in [2.05, 4.69) is 15.4 Å². The summed E-state index contributed by atoms with van der Waals surface area (Å²) < 4.78 is 28.7. The van der Waals surface area contributed by atoms with Gasteiger partial charge in [-0.2, -0.15) is 8.78 Å². The third-order valence-electron chi connectivity index (χ3n) is 4.19. The zero-order valence-corrected chi connectivity index (χ0v) is 14.5. The Morgan fingerprint density at radius 1 is 1.28 bits per heavy atom. The highest BCUT2D eigenvalue weighted by Gasteiger charge is 2.15. The van der Waals surface area contributed by atoms with Gasteiger partial charge in [-0.15, -0.1) is 11.3 Å². The van der Waals surface area contributed by atoms with Gasteiger partial charge in [0.25, 0.3) is 5.91 Å². The maximum absolute atomic E-state index is 12.2. The van der Waals surface area contributed by atoms with Gasteiger partial charge >= 0.3 is 6.61 Å². The highest BCUT2D eigenvalue weighted by molar-refractivity contribution is 7.17. The van der Waals surface area contributed by atoms with Gasteiger partial charge in [-0.05, 0) is 73.8 Å². The van der Waals surface area contributed by atoms with Gasteiger partial charge in [0.2, 0.25) is 0 Å². The molecule has 1 amide bonds. The van der Waals surface area contributed by atoms with E-state index in [1.165, 1.54) is 29.9 Å². The van der Waals surface area contributed by atoms with Crippen LogP contribution in [0.5, 0.6) is 5.75 Å². The number of hydrogen-bond acceptors (Lipinski definition) is 4. The molecule has 1 saturated heterocycles. The Hall–Kier alpha value is -1.99. The maximum atomic E-state index is 12.2. The first-order chi connectivity index (χ1) is 12.1. The van der Waals surface area contributed by atoms with Crippen LogP contribution in [0.15, 0.2) is 36.4 Å². The minimum absolute atomic E-state index is 0.0696. The van der Waals surface area contributed by atoms with Crippen LogP contribution in [-0.4, -0.2) is 32.2 Å². The summed E-state index contributed by atoms with van der Waals surface area (Å²) in [5.41, 5.74) is 0.864. The Kier molecular flexibility index (Phi) is 5.99. The van der Waals surface area contributed by atoms with Crippen molar-refractivity contribution in [2.24, 2.45) is 5.92 Å². The highest BCUT2D eigenvalue weighted by atomic mass is 32.1. The molecule has 134 valence electrons. The van der Waals surface area contributed by atoms with E-state index in [1.54, 1.807) is 18.2 Å². The van der Waals surface area contributed by atoms with Crippen molar-refractivity contribution >= 4 is 17.2 Å². The fourth-order valence-corrected chi connectivity index (χ4v) is 3.78. The molecule has 4 nitrogen and oxygen atoms in total. The van der Waals surface area contributed by atoms with Crippen LogP contribution in [0.3, 0.4) is 0 Å². The molecule has 1 fully saturated rings. The SMILES string of the molecule is O=C(NCCC1CCNC1)c1ccc(-c2ccc(OC(F)F)cc2)s1. The van der Waals surface area contributed by atoms with Crippen LogP contribution >= 0.6 is 11.3 Å². The molecule has 2 aromatic rings. The number of carbonyl (C=O) groups excluding carboxylic acids is 1. The van der Waals surface area contributed by atoms with E-state index in [4.69, 9.17) is 0 Å². The standard InChI is InChI=1S/C18H20F2N2O2S/c19-18(20)24-14-3-1-13(2-4-14)15-5-6-16(25-15)17(23)22-10-8-12-7-9-21-11-12/h1-6,12,18,21H,7-11H2,(H,22,23). The molecule has 0 radical (unpaired) electrons. The monoisotopic (exact) mass is 366 g/mol. The number of amides is 1. The highest BCUT2D eigenvalue weighted by Crippen LogP contribution is 2.29. The third kappa shape index (κ3) is 4.99. The molecule has 0 aliphatic carbocycles. The predicted molar refractivity (Wildman–Crippen MR) is 94.3 cm³/mol. The van der Waals surface area contributed by atoms with Gasteiger partial charge in [0.1, 0.15) is 5.75 Å². The second-order valence-electron chi connectivity index (χ2n) is 5.97. The summed E-state index contributed by atoms with van der Waals surface area (Å²) in [7, 11) is 0. The lowest BCUT2D eigenvalue weighted by Gasteiger charge is -2.08. The summed E-state index contributed by atoms with van der Waals surface area (Å²) in [6, 6.07) is 10.1. The van der Waals surface area contributed by atoms with Crippen LogP contribution in [0.1, 0.15) is 22.5 Å². The maximum Gasteiger partial charge on any atom is 0.387 e. The Balaban J connectivity index is 1.54. The second kappa shape index (κ2) is 8.40. The summed E-state index contributed by atoms with van der Waals surface area (Å²) in [6.45, 7) is -0.0564. The number of alkyl halides is 2. The zero-order chi connectivity index (χ0) is 17.6. The number of carbonyl (C=O) groups is 1. The van der Waals surface area contributed by atoms with Crippen molar-refractivity contribution in [3.8, 4) is 16.2 Å². The normalized spacial score (nSPS) is 17.0. The number of nitrogens with one attached hydrogen (secondary N) is 2. The van der Waals surface area contributed by atoms with Crippen LogP contribution in [-0.2, 0) is 0 Å². The van der Waals surface area contributed by atoms with Gasteiger partial charge in [0.15, 0.2) is 0 Å². The molecule has 2 N–H and O–H groups in total. The lowest BCUT2D eigenvalue weighted by atomic mass is 10.1. The van der Waals surface area contributed by atoms with E-state index in [0.717, 1.165) is 30.0 Å². The Morgan fingerprint density at radius 2 is 2.08 bits per heavy atom. The largest absolute Gasteiger partial charge is 0.435 e. The second-order valence-corrected chi connectivity index (χ2v) is 7.05. The van der Waals surface area contributed by atoms with Crippen LogP contribution < -0.4 is 15.4 Å². The summed E-state index contributed by atoms with van der Waals surface area (Å²) in [5.74, 6) is 0.697. The van der Waals surface area contributed by atoms with Gasteiger partial charge in [0, 0.05) is 11.4 Å². The van der Waals surface area contributed by atoms with Crippen molar-refractivity contribution in [2.45, 2.75) is 19.5 Å². The molecule has 1 aliphatic rings. The molecular weight excluding hydrogens is 346 g/mol. The van der Waals surface area contributed by atoms with E-state index >= 15 is 0 Å². The molecule has 1 unspecified atom stereocenters. The predicted octanol–water partition coefficient (Wildman–Crippen LogP) is 3.75. The molecule has 1 aliphatic heterocycles. The van der Waals surface area contributed by atoms with E-state index in [0.29, 0.717) is 17.3 Å². The number of rotatable bonds is 7. The quantitative estimate of drug-likeness (QED) is 0.785. The fraction of sp³-hybridized carbons (Fsp3) is 0.389. The molecule has 1 aromatic heterocycles. The van der Waals surface area contributed by atoms with Crippen molar-refractivity contribution in [1.82, 2.24) is 10.6 Å². The van der Waals surface area contributed by atoms with Gasteiger partial charge in [-0.1, -0.05) is 0 Å². The molecule has 25 heavy (non-hydrogen) atoms. The summed E-state index contributed by atoms with van der Waals surface area (Å²) in [6.07, 6.45) is 2.16. The molecule has 1 aromatic carbocycles. The van der Waals surface area contributed by atoms with Gasteiger partial charge in [-0.3, -0.25) is 4.79 Å². The lowest BCUT2D eigenvalue weighted by Crippen LogP contribution is -2.25. The van der Waals surface area contributed by atoms with Gasteiger partial charge in [0.05, 0.1) is 4.88 Å². The smallest absolute Gasteiger partial charge is 0.387 e. The molecule has 0 spiro atoms. The minimum atomic E-state index is -2.83. The van der Waals surface area contributed by atoms with Crippen LogP contribution in [0.25, 0.3) is 10.4 Å². The average molecular weight is 366 g/mol. The van der Waals surface area contributed by atoms with Crippen molar-refractivity contribution in [3.63, 3.8) is 0 Å². The fourth-order valence-electron chi connectivity index (χ4n) is 2.85. The van der Waals surface area contributed by atoms with Crippen LogP contribution in [0, 0.1) is 5.92 Å². The molecule has 1 atom stereocenters. The summed E-state index contributed by atoms with van der Waals surface area (Å²) >= 11 is 1.38. The molecular formula is C18H20F2N2O2S. The van der Waals surface area contributed by atoms with E-state index in [1.807, 2.05) is 6.07 Å².